The second-order valence-corrected chi connectivity index (χ2v) is 4.99. The van der Waals surface area contributed by atoms with E-state index in [0.29, 0.717) is 0 Å². The van der Waals surface area contributed by atoms with Gasteiger partial charge in [-0.05, 0) is 41.4 Å². The minimum absolute atomic E-state index is 0.266. The van der Waals surface area contributed by atoms with Crippen LogP contribution in [-0.2, 0) is 15.8 Å². The molecule has 1 saturated heterocycles. The van der Waals surface area contributed by atoms with Gasteiger partial charge in [-0.1, -0.05) is 0 Å². The predicted molar refractivity (Wildman–Crippen MR) is 68.4 cm³/mol. The first kappa shape index (κ1) is 5.45. The van der Waals surface area contributed by atoms with E-state index in [2.05, 4.69) is 5.10 Å². The Balaban J connectivity index is 2.68. The molecule has 0 spiro atoms. The van der Waals surface area contributed by atoms with Crippen molar-refractivity contribution >= 4 is 12.6 Å². The Morgan fingerprint density at radius 3 is 2.65 bits per heavy atom. The summed E-state index contributed by atoms with van der Waals surface area (Å²) in [5, 5.41) is 3.63. The highest BCUT2D eigenvalue weighted by Crippen LogP contribution is 2.36. The van der Waals surface area contributed by atoms with Gasteiger partial charge in [0.15, 0.2) is 0 Å². The summed E-state index contributed by atoms with van der Waals surface area (Å²) in [5.41, 5.74) is -2.58. The Bertz CT molecular complexity index is 693. The van der Waals surface area contributed by atoms with Crippen molar-refractivity contribution in [3.05, 3.63) is 11.9 Å². The first-order valence-corrected chi connectivity index (χ1v) is 5.29. The van der Waals surface area contributed by atoms with Gasteiger partial charge in [0.25, 0.3) is 0 Å². The first-order valence-electron chi connectivity index (χ1n) is 9.79. The van der Waals surface area contributed by atoms with Crippen molar-refractivity contribution in [2.45, 2.75) is 59.1 Å². The van der Waals surface area contributed by atoms with Crippen molar-refractivity contribution < 1.29 is 21.6 Å². The Labute approximate surface area is 116 Å². The molecule has 0 N–H and O–H groups in total. The van der Waals surface area contributed by atoms with Gasteiger partial charge in [0.2, 0.25) is 0 Å². The summed E-state index contributed by atoms with van der Waals surface area (Å²) >= 11 is 0. The maximum absolute atomic E-state index is 8.21. The monoisotopic (exact) mass is 245 g/mol. The van der Waals surface area contributed by atoms with Crippen LogP contribution in [0.2, 0.25) is 0 Å². The summed E-state index contributed by atoms with van der Waals surface area (Å²) in [4.78, 5) is 0. The Morgan fingerprint density at radius 2 is 2.12 bits per heavy atom. The fraction of sp³-hybridized carbons (Fsp3) is 0.750. The molecule has 1 aromatic rings. The molecule has 94 valence electrons. The van der Waals surface area contributed by atoms with Gasteiger partial charge in [-0.3, -0.25) is 4.68 Å². The van der Waals surface area contributed by atoms with Crippen molar-refractivity contribution in [2.75, 3.05) is 0 Å². The van der Waals surface area contributed by atoms with Crippen LogP contribution < -0.4 is 5.46 Å². The molecule has 0 radical (unpaired) electrons. The fourth-order valence-corrected chi connectivity index (χ4v) is 1.52. The minimum atomic E-state index is -3.16. The van der Waals surface area contributed by atoms with Crippen LogP contribution in [0.5, 0.6) is 0 Å². The summed E-state index contributed by atoms with van der Waals surface area (Å²) in [6.07, 6.45) is -0.712. The molecule has 2 heterocycles. The number of rotatable bonds is 2. The molecule has 17 heavy (non-hydrogen) atoms. The zero-order chi connectivity index (χ0) is 20.5. The SMILES string of the molecule is [2H]c1c(B2OC(C)(C)C(C)(C)O2)c(C([2H])([2H])[2H])nn1C([2H])([2H])C([2H])([2H])[2H]. The molecule has 1 aliphatic heterocycles. The average molecular weight is 245 g/mol. The van der Waals surface area contributed by atoms with Crippen molar-refractivity contribution in [3.8, 4) is 0 Å². The van der Waals surface area contributed by atoms with E-state index in [1.165, 1.54) is 0 Å². The van der Waals surface area contributed by atoms with Gasteiger partial charge in [-0.15, -0.1) is 0 Å². The average Bonchev–Trinajstić information content (AvgIpc) is 2.82. The van der Waals surface area contributed by atoms with Gasteiger partial charge >= 0.3 is 7.12 Å². The number of hydrogen-bond donors (Lipinski definition) is 0. The maximum atomic E-state index is 8.21. The number of hydrogen-bond acceptors (Lipinski definition) is 3. The lowest BCUT2D eigenvalue weighted by molar-refractivity contribution is 0.00578. The summed E-state index contributed by atoms with van der Waals surface area (Å²) < 4.78 is 80.6. The van der Waals surface area contributed by atoms with Crippen LogP contribution in [-0.4, -0.2) is 28.1 Å². The molecule has 0 bridgehead atoms. The van der Waals surface area contributed by atoms with Gasteiger partial charge in [0.05, 0.1) is 21.0 Å². The number of aromatic nitrogens is 2. The van der Waals surface area contributed by atoms with Crippen LogP contribution in [0.25, 0.3) is 0 Å². The summed E-state index contributed by atoms with van der Waals surface area (Å²) in [5.74, 6) is 0. The van der Waals surface area contributed by atoms with E-state index in [1.807, 2.05) is 0 Å². The van der Waals surface area contributed by atoms with Crippen LogP contribution in [0.3, 0.4) is 0 Å². The molecular formula is C12H21BN2O2. The normalized spacial score (nSPS) is 32.2. The molecule has 5 heteroatoms. The molecule has 0 atom stereocenters. The second-order valence-electron chi connectivity index (χ2n) is 4.99. The summed E-state index contributed by atoms with van der Waals surface area (Å²) in [6.45, 7) is -2.12. The van der Waals surface area contributed by atoms with E-state index in [4.69, 9.17) is 21.6 Å². The summed E-state index contributed by atoms with van der Waals surface area (Å²) in [6, 6.07) is 0. The van der Waals surface area contributed by atoms with Gasteiger partial charge in [0.1, 0.15) is 0 Å². The van der Waals surface area contributed by atoms with Crippen LogP contribution >= 0.6 is 0 Å². The van der Waals surface area contributed by atoms with E-state index in [1.54, 1.807) is 27.7 Å². The molecule has 0 saturated carbocycles. The van der Waals surface area contributed by atoms with Crippen molar-refractivity contribution in [2.24, 2.45) is 0 Å². The standard InChI is InChI=1S/C12H21BN2O2/c1-7-15-8-10(9(2)14-15)13-16-11(3,4)12(5,6)17-13/h8H,7H2,1-6H3/i1D3,2D3,7D2,8D. The Morgan fingerprint density at radius 1 is 1.47 bits per heavy atom. The molecule has 0 amide bonds. The van der Waals surface area contributed by atoms with Crippen LogP contribution in [0, 0.1) is 6.85 Å². The van der Waals surface area contributed by atoms with E-state index in [-0.39, 0.29) is 10.1 Å². The van der Waals surface area contributed by atoms with Crippen molar-refractivity contribution in [3.63, 3.8) is 0 Å². The number of nitrogens with zero attached hydrogens (tertiary/aromatic N) is 2. The molecule has 0 aromatic carbocycles. The lowest BCUT2D eigenvalue weighted by Gasteiger charge is -2.32. The van der Waals surface area contributed by atoms with Gasteiger partial charge in [-0.2, -0.15) is 5.10 Å². The summed E-state index contributed by atoms with van der Waals surface area (Å²) in [7, 11) is -1.29. The third-order valence-electron chi connectivity index (χ3n) is 3.28. The Hall–Kier alpha value is -0.805. The van der Waals surface area contributed by atoms with E-state index < -0.39 is 50.4 Å². The predicted octanol–water partition coefficient (Wildman–Crippen LogP) is 1.51. The van der Waals surface area contributed by atoms with E-state index >= 15 is 0 Å². The van der Waals surface area contributed by atoms with Gasteiger partial charge in [-0.25, -0.2) is 0 Å². The quantitative estimate of drug-likeness (QED) is 0.741. The van der Waals surface area contributed by atoms with E-state index in [9.17, 15) is 0 Å². The van der Waals surface area contributed by atoms with Crippen LogP contribution in [0.4, 0.5) is 0 Å². The zero-order valence-electron chi connectivity index (χ0n) is 19.3. The number of aryl methyl sites for hydroxylation is 2. The molecule has 1 aromatic heterocycles. The minimum Gasteiger partial charge on any atom is -0.399 e. The zero-order valence-corrected chi connectivity index (χ0v) is 10.3. The first-order chi connectivity index (χ1) is 11.3. The van der Waals surface area contributed by atoms with Crippen LogP contribution in [0.1, 0.15) is 52.6 Å². The highest BCUT2D eigenvalue weighted by atomic mass is 16.7. The molecule has 0 unspecified atom stereocenters. The third kappa shape index (κ3) is 2.02. The Kier molecular flexibility index (Phi) is 1.23. The lowest BCUT2D eigenvalue weighted by atomic mass is 9.79. The highest BCUT2D eigenvalue weighted by molar-refractivity contribution is 6.62. The molecule has 4 nitrogen and oxygen atoms in total. The molecule has 0 aliphatic carbocycles. The van der Waals surface area contributed by atoms with Gasteiger partial charge in [0, 0.05) is 26.4 Å². The topological polar surface area (TPSA) is 36.3 Å². The fourth-order valence-electron chi connectivity index (χ4n) is 1.52. The smallest absolute Gasteiger partial charge is 0.399 e. The van der Waals surface area contributed by atoms with Crippen LogP contribution in [0.15, 0.2) is 6.17 Å². The lowest BCUT2D eigenvalue weighted by Crippen LogP contribution is -2.41. The molecule has 1 aliphatic rings. The highest BCUT2D eigenvalue weighted by Gasteiger charge is 2.52. The molecule has 1 fully saturated rings. The largest absolute Gasteiger partial charge is 0.498 e. The van der Waals surface area contributed by atoms with Gasteiger partial charge < -0.3 is 9.31 Å². The second kappa shape index (κ2) is 3.85. The maximum Gasteiger partial charge on any atom is 0.498 e. The third-order valence-corrected chi connectivity index (χ3v) is 3.28. The van der Waals surface area contributed by atoms with E-state index in [0.717, 1.165) is 0 Å². The molecular weight excluding hydrogens is 215 g/mol. The van der Waals surface area contributed by atoms with Crippen molar-refractivity contribution in [1.82, 2.24) is 9.78 Å². The molecule has 2 rings (SSSR count). The van der Waals surface area contributed by atoms with Crippen molar-refractivity contribution in [1.29, 1.82) is 0 Å².